The van der Waals surface area contributed by atoms with Crippen molar-refractivity contribution in [3.05, 3.63) is 28.1 Å². The van der Waals surface area contributed by atoms with Crippen LogP contribution in [0.3, 0.4) is 0 Å². The van der Waals surface area contributed by atoms with Gasteiger partial charge in [0.05, 0.1) is 24.3 Å². The van der Waals surface area contributed by atoms with Crippen LogP contribution in [-0.2, 0) is 22.1 Å². The topological polar surface area (TPSA) is 65.5 Å². The number of ether oxygens (including phenoxy) is 2. The van der Waals surface area contributed by atoms with Crippen molar-refractivity contribution in [3.63, 3.8) is 0 Å². The molecule has 0 saturated carbocycles. The van der Waals surface area contributed by atoms with Crippen LogP contribution in [0, 0.1) is 0 Å². The summed E-state index contributed by atoms with van der Waals surface area (Å²) in [4.78, 5) is 26.9. The molecule has 0 fully saturated rings. The molecule has 0 N–H and O–H groups in total. The van der Waals surface area contributed by atoms with Crippen LogP contribution in [0.1, 0.15) is 64.9 Å². The normalized spacial score (nSPS) is 11.6. The number of aromatic nitrogens is 1. The molecule has 25 heavy (non-hydrogen) atoms. The quantitative estimate of drug-likeness (QED) is 0.561. The summed E-state index contributed by atoms with van der Waals surface area (Å²) in [6.07, 6.45) is -8.97. The van der Waals surface area contributed by atoms with E-state index in [1.54, 1.807) is 0 Å². The highest BCUT2D eigenvalue weighted by Gasteiger charge is 2.42. The van der Waals surface area contributed by atoms with E-state index < -0.39 is 52.6 Å². The Kier molecular flexibility index (Phi) is 6.83. The van der Waals surface area contributed by atoms with Gasteiger partial charge in [-0.05, 0) is 25.8 Å². The molecule has 0 aliphatic heterocycles. The lowest BCUT2D eigenvalue weighted by Crippen LogP contribution is -2.25. The van der Waals surface area contributed by atoms with Crippen molar-refractivity contribution in [3.8, 4) is 0 Å². The van der Waals surface area contributed by atoms with Crippen LogP contribution in [0.4, 0.5) is 22.0 Å². The van der Waals surface area contributed by atoms with Crippen molar-refractivity contribution < 1.29 is 41.0 Å². The summed E-state index contributed by atoms with van der Waals surface area (Å²) in [6, 6.07) is 0. The number of nitrogens with zero attached hydrogens (tertiary/aromatic N) is 1. The molecule has 0 aliphatic carbocycles. The predicted octanol–water partition coefficient (Wildman–Crippen LogP) is 3.95. The number of carbonyl (C=O) groups is 2. The lowest BCUT2D eigenvalue weighted by Gasteiger charge is -2.20. The lowest BCUT2D eigenvalue weighted by atomic mass is 9.95. The Labute approximate surface area is 140 Å². The molecular weight excluding hydrogens is 353 g/mol. The Bertz CT molecular complexity index is 658. The first kappa shape index (κ1) is 20.8. The number of carbonyl (C=O) groups excluding carboxylic acids is 2. The number of hydrogen-bond donors (Lipinski definition) is 0. The van der Waals surface area contributed by atoms with Gasteiger partial charge in [-0.15, -0.1) is 0 Å². The third-order valence-electron chi connectivity index (χ3n) is 3.12. The second-order valence-electron chi connectivity index (χ2n) is 4.67. The zero-order chi connectivity index (χ0) is 19.4. The van der Waals surface area contributed by atoms with Crippen molar-refractivity contribution in [2.75, 3.05) is 13.2 Å². The molecular formula is C15H16F5NO4. The van der Waals surface area contributed by atoms with Crippen LogP contribution < -0.4 is 0 Å². The highest BCUT2D eigenvalue weighted by Crippen LogP contribution is 2.37. The molecule has 1 aromatic heterocycles. The number of alkyl halides is 5. The number of hydrogen-bond acceptors (Lipinski definition) is 5. The van der Waals surface area contributed by atoms with Gasteiger partial charge in [0.2, 0.25) is 0 Å². The lowest BCUT2D eigenvalue weighted by molar-refractivity contribution is -0.142. The Hall–Kier alpha value is -2.26. The van der Waals surface area contributed by atoms with Gasteiger partial charge < -0.3 is 9.47 Å². The monoisotopic (exact) mass is 369 g/mol. The van der Waals surface area contributed by atoms with Crippen molar-refractivity contribution in [1.82, 2.24) is 4.98 Å². The Morgan fingerprint density at radius 1 is 1.00 bits per heavy atom. The Morgan fingerprint density at radius 2 is 1.48 bits per heavy atom. The van der Waals surface area contributed by atoms with Crippen molar-refractivity contribution in [2.24, 2.45) is 0 Å². The van der Waals surface area contributed by atoms with E-state index in [4.69, 9.17) is 0 Å². The van der Waals surface area contributed by atoms with E-state index in [-0.39, 0.29) is 19.6 Å². The van der Waals surface area contributed by atoms with Gasteiger partial charge in [-0.25, -0.2) is 23.4 Å². The zero-order valence-corrected chi connectivity index (χ0v) is 13.7. The van der Waals surface area contributed by atoms with Gasteiger partial charge in [-0.2, -0.15) is 13.2 Å². The maximum atomic E-state index is 13.3. The molecule has 0 aliphatic rings. The summed E-state index contributed by atoms with van der Waals surface area (Å²) in [6.45, 7) is 3.64. The highest BCUT2D eigenvalue weighted by atomic mass is 19.4. The maximum Gasteiger partial charge on any atom is 0.434 e. The van der Waals surface area contributed by atoms with Gasteiger partial charge in [0.1, 0.15) is 5.69 Å². The molecule has 140 valence electrons. The van der Waals surface area contributed by atoms with Gasteiger partial charge in [-0.1, -0.05) is 6.92 Å². The summed E-state index contributed by atoms with van der Waals surface area (Å²) in [5.41, 5.74) is -5.61. The van der Waals surface area contributed by atoms with Crippen LogP contribution in [0.25, 0.3) is 0 Å². The molecule has 10 heteroatoms. The number of esters is 2. The fourth-order valence-electron chi connectivity index (χ4n) is 2.23. The average Bonchev–Trinajstić information content (AvgIpc) is 2.51. The van der Waals surface area contributed by atoms with Gasteiger partial charge >= 0.3 is 18.1 Å². The first-order valence-corrected chi connectivity index (χ1v) is 7.36. The van der Waals surface area contributed by atoms with Crippen LogP contribution in [-0.4, -0.2) is 30.1 Å². The standard InChI is InChI=1S/C15H16F5NO4/c1-4-7-8(13(22)24-5-2)10(12(16)17)21-11(15(18,19)20)9(7)14(23)25-6-3/h12H,4-6H2,1-3H3. The number of rotatable bonds is 6. The summed E-state index contributed by atoms with van der Waals surface area (Å²) >= 11 is 0. The van der Waals surface area contributed by atoms with Crippen LogP contribution in [0.2, 0.25) is 0 Å². The third-order valence-corrected chi connectivity index (χ3v) is 3.12. The van der Waals surface area contributed by atoms with Crippen LogP contribution in [0.15, 0.2) is 0 Å². The first-order valence-electron chi connectivity index (χ1n) is 7.36. The maximum absolute atomic E-state index is 13.3. The fraction of sp³-hybridized carbons (Fsp3) is 0.533. The number of halogens is 5. The molecule has 0 unspecified atom stereocenters. The van der Waals surface area contributed by atoms with E-state index in [1.165, 1.54) is 20.8 Å². The smallest absolute Gasteiger partial charge is 0.434 e. The van der Waals surface area contributed by atoms with Gasteiger partial charge in [-0.3, -0.25) is 0 Å². The Balaban J connectivity index is 3.92. The second kappa shape index (κ2) is 8.21. The molecule has 0 radical (unpaired) electrons. The molecule has 0 bridgehead atoms. The third kappa shape index (κ3) is 4.43. The van der Waals surface area contributed by atoms with Crippen molar-refractivity contribution in [1.29, 1.82) is 0 Å². The first-order chi connectivity index (χ1) is 11.6. The molecule has 5 nitrogen and oxygen atoms in total. The average molecular weight is 369 g/mol. The van der Waals surface area contributed by atoms with Gasteiger partial charge in [0, 0.05) is 0 Å². The minimum atomic E-state index is -5.19. The molecule has 1 heterocycles. The minimum Gasteiger partial charge on any atom is -0.462 e. The van der Waals surface area contributed by atoms with Crippen LogP contribution in [0.5, 0.6) is 0 Å². The highest BCUT2D eigenvalue weighted by molar-refractivity contribution is 5.99. The molecule has 0 saturated heterocycles. The molecule has 0 spiro atoms. The SMILES string of the molecule is CCOC(=O)c1c(C(F)F)nc(C(F)(F)F)c(C(=O)OCC)c1CC. The van der Waals surface area contributed by atoms with E-state index in [0.29, 0.717) is 0 Å². The summed E-state index contributed by atoms with van der Waals surface area (Å²) in [7, 11) is 0. The summed E-state index contributed by atoms with van der Waals surface area (Å²) in [5.74, 6) is -2.67. The minimum absolute atomic E-state index is 0.194. The fourth-order valence-corrected chi connectivity index (χ4v) is 2.23. The summed E-state index contributed by atoms with van der Waals surface area (Å²) < 4.78 is 75.5. The molecule has 0 atom stereocenters. The molecule has 1 rings (SSSR count). The van der Waals surface area contributed by atoms with Crippen molar-refractivity contribution in [2.45, 2.75) is 39.8 Å². The molecule has 0 amide bonds. The Morgan fingerprint density at radius 3 is 1.84 bits per heavy atom. The molecule has 1 aromatic rings. The van der Waals surface area contributed by atoms with Crippen LogP contribution >= 0.6 is 0 Å². The van der Waals surface area contributed by atoms with E-state index in [2.05, 4.69) is 14.5 Å². The van der Waals surface area contributed by atoms with Gasteiger partial charge in [0.25, 0.3) is 6.43 Å². The predicted molar refractivity (Wildman–Crippen MR) is 75.5 cm³/mol. The largest absolute Gasteiger partial charge is 0.462 e. The molecule has 0 aromatic carbocycles. The van der Waals surface area contributed by atoms with E-state index in [9.17, 15) is 31.5 Å². The number of pyridine rings is 1. The zero-order valence-electron chi connectivity index (χ0n) is 13.7. The van der Waals surface area contributed by atoms with E-state index in [1.807, 2.05) is 0 Å². The van der Waals surface area contributed by atoms with E-state index in [0.717, 1.165) is 0 Å². The summed E-state index contributed by atoms with van der Waals surface area (Å²) in [5, 5.41) is 0. The van der Waals surface area contributed by atoms with E-state index >= 15 is 0 Å². The van der Waals surface area contributed by atoms with Crippen molar-refractivity contribution >= 4 is 11.9 Å². The second-order valence-corrected chi connectivity index (χ2v) is 4.67. The van der Waals surface area contributed by atoms with Gasteiger partial charge in [0.15, 0.2) is 5.69 Å².